The number of rotatable bonds is 8. The molecule has 0 saturated carbocycles. The lowest BCUT2D eigenvalue weighted by Gasteiger charge is -2.21. The monoisotopic (exact) mass is 457 g/mol. The SMILES string of the molecule is CCOc1ccccc1C(=O)N[C@H](C(=O)OCc1nc2sc(C)c(C)c2c(=O)[nH]1)C(C)C. The van der Waals surface area contributed by atoms with Crippen molar-refractivity contribution in [3.05, 3.63) is 56.4 Å². The predicted molar refractivity (Wildman–Crippen MR) is 123 cm³/mol. The van der Waals surface area contributed by atoms with Crippen LogP contribution >= 0.6 is 11.3 Å². The number of benzene rings is 1. The van der Waals surface area contributed by atoms with Crippen LogP contribution in [0.1, 0.15) is 47.4 Å². The fourth-order valence-electron chi connectivity index (χ4n) is 3.25. The smallest absolute Gasteiger partial charge is 0.329 e. The van der Waals surface area contributed by atoms with Gasteiger partial charge >= 0.3 is 5.97 Å². The Morgan fingerprint density at radius 2 is 1.94 bits per heavy atom. The lowest BCUT2D eigenvalue weighted by molar-refractivity contribution is -0.148. The summed E-state index contributed by atoms with van der Waals surface area (Å²) in [6.07, 6.45) is 0. The zero-order chi connectivity index (χ0) is 23.4. The van der Waals surface area contributed by atoms with Crippen LogP contribution in [0.25, 0.3) is 10.2 Å². The first-order chi connectivity index (χ1) is 15.2. The highest BCUT2D eigenvalue weighted by Gasteiger charge is 2.27. The van der Waals surface area contributed by atoms with E-state index in [0.29, 0.717) is 28.1 Å². The molecule has 0 unspecified atom stereocenters. The number of esters is 1. The molecule has 1 atom stereocenters. The van der Waals surface area contributed by atoms with E-state index in [0.717, 1.165) is 10.4 Å². The molecule has 0 radical (unpaired) electrons. The van der Waals surface area contributed by atoms with E-state index in [4.69, 9.17) is 9.47 Å². The molecule has 8 nitrogen and oxygen atoms in total. The number of carbonyl (C=O) groups is 2. The fourth-order valence-corrected chi connectivity index (χ4v) is 4.30. The maximum atomic E-state index is 12.8. The van der Waals surface area contributed by atoms with Crippen LogP contribution in [0.4, 0.5) is 0 Å². The van der Waals surface area contributed by atoms with E-state index in [1.165, 1.54) is 11.3 Å². The number of H-pyrrole nitrogens is 1. The summed E-state index contributed by atoms with van der Waals surface area (Å²) in [6.45, 7) is 9.48. The van der Waals surface area contributed by atoms with Crippen molar-refractivity contribution in [1.82, 2.24) is 15.3 Å². The molecule has 0 aliphatic rings. The number of ether oxygens (including phenoxy) is 2. The van der Waals surface area contributed by atoms with Crippen molar-refractivity contribution in [2.24, 2.45) is 5.92 Å². The molecule has 1 aromatic carbocycles. The Kier molecular flexibility index (Phi) is 7.29. The second-order valence-corrected chi connectivity index (χ2v) is 8.91. The molecular weight excluding hydrogens is 430 g/mol. The van der Waals surface area contributed by atoms with Gasteiger partial charge in [0.2, 0.25) is 0 Å². The number of aryl methyl sites for hydroxylation is 2. The second kappa shape index (κ2) is 9.95. The van der Waals surface area contributed by atoms with Gasteiger partial charge in [-0.2, -0.15) is 0 Å². The van der Waals surface area contributed by atoms with Crippen LogP contribution in [0, 0.1) is 19.8 Å². The van der Waals surface area contributed by atoms with Crippen molar-refractivity contribution in [1.29, 1.82) is 0 Å². The minimum atomic E-state index is -0.876. The molecule has 0 aliphatic heterocycles. The molecule has 9 heteroatoms. The molecule has 0 aliphatic carbocycles. The van der Waals surface area contributed by atoms with E-state index in [1.54, 1.807) is 24.3 Å². The number of nitrogens with zero attached hydrogens (tertiary/aromatic N) is 1. The fraction of sp³-hybridized carbons (Fsp3) is 0.391. The number of carbonyl (C=O) groups excluding carboxylic acids is 2. The quantitative estimate of drug-likeness (QED) is 0.501. The molecular formula is C23H27N3O5S. The summed E-state index contributed by atoms with van der Waals surface area (Å²) in [7, 11) is 0. The van der Waals surface area contributed by atoms with Crippen molar-refractivity contribution >= 4 is 33.4 Å². The van der Waals surface area contributed by atoms with E-state index < -0.39 is 17.9 Å². The second-order valence-electron chi connectivity index (χ2n) is 7.71. The van der Waals surface area contributed by atoms with Crippen LogP contribution < -0.4 is 15.6 Å². The van der Waals surface area contributed by atoms with Gasteiger partial charge in [0, 0.05) is 4.88 Å². The first kappa shape index (κ1) is 23.5. The van der Waals surface area contributed by atoms with Gasteiger partial charge in [0.1, 0.15) is 29.1 Å². The van der Waals surface area contributed by atoms with Crippen LogP contribution in [0.15, 0.2) is 29.1 Å². The van der Waals surface area contributed by atoms with Gasteiger partial charge in [-0.3, -0.25) is 9.59 Å². The van der Waals surface area contributed by atoms with Gasteiger partial charge in [-0.1, -0.05) is 26.0 Å². The van der Waals surface area contributed by atoms with E-state index in [-0.39, 0.29) is 23.9 Å². The molecule has 2 aromatic heterocycles. The summed E-state index contributed by atoms with van der Waals surface area (Å²) >= 11 is 1.42. The average molecular weight is 458 g/mol. The van der Waals surface area contributed by atoms with E-state index >= 15 is 0 Å². The van der Waals surface area contributed by atoms with Crippen LogP contribution in [0.2, 0.25) is 0 Å². The highest BCUT2D eigenvalue weighted by molar-refractivity contribution is 7.18. The first-order valence-electron chi connectivity index (χ1n) is 10.4. The van der Waals surface area contributed by atoms with Gasteiger partial charge < -0.3 is 19.8 Å². The molecule has 3 aromatic rings. The summed E-state index contributed by atoms with van der Waals surface area (Å²) < 4.78 is 10.9. The number of thiophene rings is 1. The highest BCUT2D eigenvalue weighted by Crippen LogP contribution is 2.25. The molecule has 3 rings (SSSR count). The van der Waals surface area contributed by atoms with Crippen molar-refractivity contribution in [3.8, 4) is 5.75 Å². The van der Waals surface area contributed by atoms with Crippen LogP contribution in [0.3, 0.4) is 0 Å². The van der Waals surface area contributed by atoms with Crippen LogP contribution in [-0.4, -0.2) is 34.5 Å². The van der Waals surface area contributed by atoms with E-state index in [9.17, 15) is 14.4 Å². The zero-order valence-electron chi connectivity index (χ0n) is 18.8. The average Bonchev–Trinajstić information content (AvgIpc) is 3.04. The van der Waals surface area contributed by atoms with E-state index in [2.05, 4.69) is 15.3 Å². The highest BCUT2D eigenvalue weighted by atomic mass is 32.1. The summed E-state index contributed by atoms with van der Waals surface area (Å²) in [5, 5.41) is 3.29. The summed E-state index contributed by atoms with van der Waals surface area (Å²) in [4.78, 5) is 46.7. The molecule has 0 fully saturated rings. The maximum Gasteiger partial charge on any atom is 0.329 e. The largest absolute Gasteiger partial charge is 0.493 e. The number of para-hydroxylation sites is 1. The summed E-state index contributed by atoms with van der Waals surface area (Å²) in [6, 6.07) is 5.97. The van der Waals surface area contributed by atoms with E-state index in [1.807, 2.05) is 34.6 Å². The van der Waals surface area contributed by atoms with Gasteiger partial charge in [-0.05, 0) is 44.4 Å². The van der Waals surface area contributed by atoms with Gasteiger partial charge in [-0.25, -0.2) is 9.78 Å². The minimum absolute atomic E-state index is 0.200. The third kappa shape index (κ3) is 4.99. The first-order valence-corrected chi connectivity index (χ1v) is 11.2. The topological polar surface area (TPSA) is 110 Å². The Morgan fingerprint density at radius 3 is 2.62 bits per heavy atom. The number of aromatic nitrogens is 2. The van der Waals surface area contributed by atoms with Gasteiger partial charge in [0.25, 0.3) is 11.5 Å². The number of nitrogens with one attached hydrogen (secondary N) is 2. The Balaban J connectivity index is 1.73. The number of aromatic amines is 1. The standard InChI is InChI=1S/C23H27N3O5S/c1-6-30-16-10-8-7-9-15(16)20(27)26-19(12(2)3)23(29)31-11-17-24-21(28)18-13(4)14(5)32-22(18)25-17/h7-10,12,19H,6,11H2,1-5H3,(H,26,27)(H,24,25,28)/t19-/m0/s1. The summed E-state index contributed by atoms with van der Waals surface area (Å²) in [5.74, 6) is -0.555. The minimum Gasteiger partial charge on any atom is -0.493 e. The van der Waals surface area contributed by atoms with Crippen molar-refractivity contribution in [2.45, 2.75) is 47.3 Å². The maximum absolute atomic E-state index is 12.8. The van der Waals surface area contributed by atoms with Crippen molar-refractivity contribution in [2.75, 3.05) is 6.61 Å². The number of hydrogen-bond donors (Lipinski definition) is 2. The molecule has 2 heterocycles. The number of hydrogen-bond acceptors (Lipinski definition) is 7. The molecule has 170 valence electrons. The van der Waals surface area contributed by atoms with Gasteiger partial charge in [0.05, 0.1) is 17.6 Å². The molecule has 0 saturated heterocycles. The van der Waals surface area contributed by atoms with Crippen LogP contribution in [-0.2, 0) is 16.1 Å². The molecule has 2 N–H and O–H groups in total. The van der Waals surface area contributed by atoms with Crippen molar-refractivity contribution < 1.29 is 19.1 Å². The Morgan fingerprint density at radius 1 is 1.22 bits per heavy atom. The zero-order valence-corrected chi connectivity index (χ0v) is 19.6. The lowest BCUT2D eigenvalue weighted by atomic mass is 10.0. The molecule has 0 bridgehead atoms. The third-order valence-corrected chi connectivity index (χ3v) is 6.18. The molecule has 0 spiro atoms. The predicted octanol–water partition coefficient (Wildman–Crippen LogP) is 3.50. The summed E-state index contributed by atoms with van der Waals surface area (Å²) in [5.41, 5.74) is 0.981. The Hall–Kier alpha value is -3.20. The van der Waals surface area contributed by atoms with Crippen molar-refractivity contribution in [3.63, 3.8) is 0 Å². The number of fused-ring (bicyclic) bond motifs is 1. The lowest BCUT2D eigenvalue weighted by Crippen LogP contribution is -2.45. The molecule has 32 heavy (non-hydrogen) atoms. The van der Waals surface area contributed by atoms with Gasteiger partial charge in [-0.15, -0.1) is 11.3 Å². The third-order valence-electron chi connectivity index (χ3n) is 5.08. The Bertz CT molecular complexity index is 1200. The van der Waals surface area contributed by atoms with Crippen LogP contribution in [0.5, 0.6) is 5.75 Å². The Labute approximate surface area is 190 Å². The molecule has 1 amide bonds. The number of amides is 1. The normalized spacial score (nSPS) is 12.1. The van der Waals surface area contributed by atoms with Gasteiger partial charge in [0.15, 0.2) is 0 Å².